The van der Waals surface area contributed by atoms with Gasteiger partial charge in [0.2, 0.25) is 11.8 Å². The predicted molar refractivity (Wildman–Crippen MR) is 275 cm³/mol. The molecule has 1 unspecified atom stereocenters. The Morgan fingerprint density at radius 3 is 1.62 bits per heavy atom. The van der Waals surface area contributed by atoms with Crippen molar-refractivity contribution in [2.75, 3.05) is 46.9 Å². The van der Waals surface area contributed by atoms with E-state index >= 15 is 0 Å². The molecular formula is C58H80N4O9. The van der Waals surface area contributed by atoms with Gasteiger partial charge in [0.1, 0.15) is 11.2 Å². The summed E-state index contributed by atoms with van der Waals surface area (Å²) in [5.74, 6) is 0.745. The first-order valence-electron chi connectivity index (χ1n) is 26.3. The first-order valence-corrected chi connectivity index (χ1v) is 26.3. The third-order valence-corrected chi connectivity index (χ3v) is 15.4. The zero-order valence-electron chi connectivity index (χ0n) is 44.3. The van der Waals surface area contributed by atoms with E-state index in [1.807, 2.05) is 64.3 Å². The lowest BCUT2D eigenvalue weighted by Crippen LogP contribution is -2.50. The number of ether oxygens (including phenoxy) is 3. The van der Waals surface area contributed by atoms with Crippen molar-refractivity contribution in [1.29, 1.82) is 0 Å². The number of benzene rings is 2. The van der Waals surface area contributed by atoms with Crippen molar-refractivity contribution in [3.63, 3.8) is 0 Å². The average molecular weight is 977 g/mol. The summed E-state index contributed by atoms with van der Waals surface area (Å²) in [5, 5.41) is 0. The molecule has 2 atom stereocenters. The van der Waals surface area contributed by atoms with E-state index in [4.69, 9.17) is 14.2 Å². The maximum Gasteiger partial charge on any atom is 0.410 e. The normalized spacial score (nSPS) is 23.8. The number of carbonyl (C=O) groups is 6. The van der Waals surface area contributed by atoms with Crippen molar-refractivity contribution in [3.8, 4) is 0 Å². The number of hydrogen-bond donors (Lipinski definition) is 0. The molecule has 8 rings (SSSR count). The minimum Gasteiger partial charge on any atom is -0.466 e. The summed E-state index contributed by atoms with van der Waals surface area (Å²) < 4.78 is 16.2. The number of fused-ring (bicyclic) bond motifs is 4. The molecule has 0 aromatic heterocycles. The van der Waals surface area contributed by atoms with Crippen LogP contribution in [0.5, 0.6) is 0 Å². The van der Waals surface area contributed by atoms with Crippen molar-refractivity contribution in [1.82, 2.24) is 19.6 Å². The summed E-state index contributed by atoms with van der Waals surface area (Å²) in [6.07, 6.45) is 9.57. The molecule has 2 heterocycles. The van der Waals surface area contributed by atoms with E-state index in [9.17, 15) is 28.8 Å². The minimum atomic E-state index is -0.514. The molecular weight excluding hydrogens is 897 g/mol. The fraction of sp³-hybridized carbons (Fsp3) is 0.621. The number of Topliss-reactive ketones (excluding diaryl/α,β-unsaturated/α-hetero) is 1. The average Bonchev–Trinajstić information content (AvgIpc) is 3.89. The van der Waals surface area contributed by atoms with Crippen LogP contribution >= 0.6 is 0 Å². The summed E-state index contributed by atoms with van der Waals surface area (Å²) in [7, 11) is 3.56. The molecule has 0 spiro atoms. The largest absolute Gasteiger partial charge is 0.466 e. The second kappa shape index (κ2) is 22.5. The number of carbonyl (C=O) groups excluding carboxylic acids is 6. The van der Waals surface area contributed by atoms with Crippen LogP contribution in [0.1, 0.15) is 148 Å². The number of nitrogens with zero attached hydrogens (tertiary/aromatic N) is 4. The van der Waals surface area contributed by atoms with E-state index in [0.717, 1.165) is 70.6 Å². The van der Waals surface area contributed by atoms with Gasteiger partial charge in [-0.15, -0.1) is 0 Å². The highest BCUT2D eigenvalue weighted by Crippen LogP contribution is 2.44. The van der Waals surface area contributed by atoms with Crippen LogP contribution in [0.2, 0.25) is 0 Å². The van der Waals surface area contributed by atoms with E-state index in [2.05, 4.69) is 42.5 Å². The van der Waals surface area contributed by atoms with Crippen LogP contribution in [-0.2, 0) is 46.2 Å². The van der Waals surface area contributed by atoms with E-state index in [1.54, 1.807) is 30.8 Å². The Balaban J connectivity index is 0.000000209. The van der Waals surface area contributed by atoms with Gasteiger partial charge in [0, 0.05) is 58.5 Å². The Morgan fingerprint density at radius 1 is 0.648 bits per heavy atom. The summed E-state index contributed by atoms with van der Waals surface area (Å²) in [6, 6.07) is 16.2. The zero-order valence-corrected chi connectivity index (χ0v) is 44.3. The van der Waals surface area contributed by atoms with Gasteiger partial charge in [-0.25, -0.2) is 9.59 Å². The van der Waals surface area contributed by atoms with Crippen LogP contribution in [0.4, 0.5) is 9.59 Å². The molecule has 13 heteroatoms. The Bertz CT molecular complexity index is 2380. The molecule has 2 aliphatic heterocycles. The van der Waals surface area contributed by atoms with Gasteiger partial charge in [-0.1, -0.05) is 48.5 Å². The first kappa shape index (κ1) is 53.3. The van der Waals surface area contributed by atoms with Crippen LogP contribution in [0.25, 0.3) is 11.1 Å². The van der Waals surface area contributed by atoms with Gasteiger partial charge in [0.15, 0.2) is 5.78 Å². The van der Waals surface area contributed by atoms with Crippen molar-refractivity contribution in [3.05, 3.63) is 81.9 Å². The van der Waals surface area contributed by atoms with Crippen LogP contribution in [0.3, 0.4) is 0 Å². The molecule has 13 nitrogen and oxygen atoms in total. The van der Waals surface area contributed by atoms with Crippen molar-refractivity contribution in [2.24, 2.45) is 23.7 Å². The lowest BCUT2D eigenvalue weighted by molar-refractivity contribution is -0.146. The molecule has 0 N–H and O–H groups in total. The van der Waals surface area contributed by atoms with Crippen molar-refractivity contribution < 1.29 is 43.0 Å². The van der Waals surface area contributed by atoms with Crippen LogP contribution in [0, 0.1) is 23.7 Å². The molecule has 4 aliphatic carbocycles. The Morgan fingerprint density at radius 2 is 1.13 bits per heavy atom. The van der Waals surface area contributed by atoms with Crippen LogP contribution < -0.4 is 0 Å². The summed E-state index contributed by atoms with van der Waals surface area (Å²) in [5.41, 5.74) is 9.17. The van der Waals surface area contributed by atoms with Gasteiger partial charge >= 0.3 is 18.2 Å². The summed E-state index contributed by atoms with van der Waals surface area (Å²) in [4.78, 5) is 84.4. The SMILES string of the molecule is CC(=O)[C@@H]1CC2=C(Cc3ccccc32)CN1C(=O)C1CCC(CN(C)C(=O)OC(C)(C)C)CC1.CCOC(=O)CC1C2=C(CCN1C(=O)C1CCC(CN(C)C(=O)OC(C)(C)C)CC1)c1ccccc1C2. The molecule has 0 radical (unpaired) electrons. The quantitative estimate of drug-likeness (QED) is 0.168. The van der Waals surface area contributed by atoms with Crippen LogP contribution in [-0.4, -0.2) is 126 Å². The van der Waals surface area contributed by atoms with Gasteiger partial charge < -0.3 is 33.8 Å². The highest BCUT2D eigenvalue weighted by atomic mass is 16.6. The minimum absolute atomic E-state index is 0.0429. The molecule has 2 saturated carbocycles. The molecule has 2 fully saturated rings. The fourth-order valence-electron chi connectivity index (χ4n) is 11.9. The van der Waals surface area contributed by atoms with Gasteiger partial charge in [0.25, 0.3) is 0 Å². The molecule has 0 bridgehead atoms. The number of esters is 1. The third kappa shape index (κ3) is 13.2. The topological polar surface area (TPSA) is 143 Å². The Labute approximate surface area is 422 Å². The second-order valence-corrected chi connectivity index (χ2v) is 23.0. The zero-order chi connectivity index (χ0) is 51.4. The number of ketones is 1. The van der Waals surface area contributed by atoms with Crippen LogP contribution in [0.15, 0.2) is 59.7 Å². The van der Waals surface area contributed by atoms with Crippen molar-refractivity contribution >= 4 is 46.9 Å². The molecule has 2 aromatic rings. The summed E-state index contributed by atoms with van der Waals surface area (Å²) >= 11 is 0. The number of hydrogen-bond acceptors (Lipinski definition) is 9. The Hall–Kier alpha value is -5.46. The lowest BCUT2D eigenvalue weighted by Gasteiger charge is -2.40. The highest BCUT2D eigenvalue weighted by Gasteiger charge is 2.43. The van der Waals surface area contributed by atoms with Gasteiger partial charge in [-0.3, -0.25) is 19.2 Å². The fourth-order valence-corrected chi connectivity index (χ4v) is 11.9. The maximum absolute atomic E-state index is 13.8. The molecule has 386 valence electrons. The Kier molecular flexibility index (Phi) is 16.9. The third-order valence-electron chi connectivity index (χ3n) is 15.4. The number of rotatable bonds is 10. The van der Waals surface area contributed by atoms with E-state index in [1.165, 1.54) is 44.5 Å². The molecule has 71 heavy (non-hydrogen) atoms. The van der Waals surface area contributed by atoms with Gasteiger partial charge in [-0.2, -0.15) is 0 Å². The highest BCUT2D eigenvalue weighted by molar-refractivity contribution is 5.93. The monoisotopic (exact) mass is 977 g/mol. The molecule has 2 aromatic carbocycles. The standard InChI is InChI=1S/C30H42N2O5.C28H38N2O4/c1-6-36-27(33)18-26-25-17-22-9-7-8-10-23(22)24(25)15-16-32(26)28(34)21-13-11-20(12-14-21)19-31(5)29(35)37-30(2,3)4;1-18(31)25-15-24-22(14-21-8-6-7-9-23(21)24)17-30(25)26(32)20-12-10-19(11-13-20)16-29(5)27(33)34-28(2,3)4/h7-10,20-21,26H,6,11-19H2,1-5H3;6-9,19-20,25H,10-17H2,1-5H3/t;19?,20?,25-/m.0/s1. The first-order chi connectivity index (χ1) is 33.6. The molecule has 4 amide bonds. The van der Waals surface area contributed by atoms with Gasteiger partial charge in [-0.05, 0) is 182 Å². The van der Waals surface area contributed by atoms with E-state index < -0.39 is 11.2 Å². The molecule has 6 aliphatic rings. The number of amides is 4. The maximum atomic E-state index is 13.8. The van der Waals surface area contributed by atoms with E-state index in [0.29, 0.717) is 51.0 Å². The van der Waals surface area contributed by atoms with E-state index in [-0.39, 0.29) is 66.1 Å². The second-order valence-electron chi connectivity index (χ2n) is 23.0. The lowest BCUT2D eigenvalue weighted by atomic mass is 9.80. The van der Waals surface area contributed by atoms with Gasteiger partial charge in [0.05, 0.1) is 25.1 Å². The summed E-state index contributed by atoms with van der Waals surface area (Å²) in [6.45, 7) is 17.5. The molecule has 0 saturated heterocycles. The van der Waals surface area contributed by atoms with Crippen molar-refractivity contribution in [2.45, 2.75) is 162 Å². The predicted octanol–water partition coefficient (Wildman–Crippen LogP) is 10.1. The smallest absolute Gasteiger partial charge is 0.410 e.